The Hall–Kier alpha value is -4.45. The van der Waals surface area contributed by atoms with Crippen LogP contribution in [0, 0.1) is 17.8 Å². The first-order chi connectivity index (χ1) is 23.4. The van der Waals surface area contributed by atoms with Crippen molar-refractivity contribution in [3.63, 3.8) is 0 Å². The molecule has 12 heteroatoms. The van der Waals surface area contributed by atoms with Gasteiger partial charge in [-0.1, -0.05) is 102 Å². The third-order valence-corrected chi connectivity index (χ3v) is 7.74. The number of carbonyl (C=O) groups is 5. The Morgan fingerprint density at radius 3 is 1.62 bits per heavy atom. The van der Waals surface area contributed by atoms with E-state index in [1.165, 1.54) is 0 Å². The van der Waals surface area contributed by atoms with Crippen molar-refractivity contribution in [2.75, 3.05) is 6.54 Å². The van der Waals surface area contributed by atoms with Gasteiger partial charge in [-0.2, -0.15) is 0 Å². The highest BCUT2D eigenvalue weighted by atomic mass is 16.6. The number of aliphatic hydroxyl groups is 1. The molecule has 0 aliphatic rings. The fraction of sp³-hybridized carbons (Fsp3) is 0.553. The number of benzene rings is 2. The molecule has 0 aliphatic heterocycles. The SMILES string of the molecule is CC(C)CNC(=O)[C@@H](NC(=O)[C@H](Cc1ccccc1)NC(=O)[C@H](O)[C@H](Cc1ccccc1)NC(=O)[C@@H](NC(=O)OC(C)(C)C)C(C)C)C(C)C. The van der Waals surface area contributed by atoms with Crippen molar-refractivity contribution in [3.8, 4) is 0 Å². The predicted molar refractivity (Wildman–Crippen MR) is 193 cm³/mol. The molecule has 5 atom stereocenters. The molecule has 276 valence electrons. The number of rotatable bonds is 17. The van der Waals surface area contributed by atoms with Crippen LogP contribution in [-0.4, -0.2) is 77.2 Å². The van der Waals surface area contributed by atoms with E-state index in [4.69, 9.17) is 4.74 Å². The number of ether oxygens (including phenoxy) is 1. The summed E-state index contributed by atoms with van der Waals surface area (Å²) in [5.74, 6) is -2.86. The predicted octanol–water partition coefficient (Wildman–Crippen LogP) is 3.26. The summed E-state index contributed by atoms with van der Waals surface area (Å²) in [6.07, 6.45) is -2.43. The van der Waals surface area contributed by atoms with Gasteiger partial charge in [0.2, 0.25) is 17.7 Å². The molecular weight excluding hydrogens is 638 g/mol. The highest BCUT2D eigenvalue weighted by molar-refractivity contribution is 5.93. The Labute approximate surface area is 296 Å². The Balaban J connectivity index is 2.36. The molecule has 2 aromatic rings. The zero-order valence-electron chi connectivity index (χ0n) is 30.9. The molecule has 0 saturated carbocycles. The Morgan fingerprint density at radius 1 is 0.640 bits per heavy atom. The second-order valence-corrected chi connectivity index (χ2v) is 14.7. The van der Waals surface area contributed by atoms with Gasteiger partial charge in [-0.15, -0.1) is 0 Å². The van der Waals surface area contributed by atoms with E-state index in [1.54, 1.807) is 83.1 Å². The summed E-state index contributed by atoms with van der Waals surface area (Å²) in [6.45, 7) is 16.6. The fourth-order valence-corrected chi connectivity index (χ4v) is 5.05. The first-order valence-electron chi connectivity index (χ1n) is 17.3. The van der Waals surface area contributed by atoms with Gasteiger partial charge < -0.3 is 36.4 Å². The fourth-order valence-electron chi connectivity index (χ4n) is 5.05. The quantitative estimate of drug-likeness (QED) is 0.147. The molecule has 0 unspecified atom stereocenters. The Bertz CT molecular complexity index is 1390. The highest BCUT2D eigenvalue weighted by Crippen LogP contribution is 2.13. The van der Waals surface area contributed by atoms with E-state index in [0.717, 1.165) is 11.1 Å². The second kappa shape index (κ2) is 19.7. The van der Waals surface area contributed by atoms with Crippen molar-refractivity contribution in [1.29, 1.82) is 0 Å². The molecule has 0 radical (unpaired) electrons. The van der Waals surface area contributed by atoms with E-state index in [-0.39, 0.29) is 36.5 Å². The summed E-state index contributed by atoms with van der Waals surface area (Å²) in [7, 11) is 0. The van der Waals surface area contributed by atoms with Gasteiger partial charge in [-0.05, 0) is 56.1 Å². The first-order valence-corrected chi connectivity index (χ1v) is 17.3. The molecule has 0 spiro atoms. The summed E-state index contributed by atoms with van der Waals surface area (Å²) >= 11 is 0. The topological polar surface area (TPSA) is 175 Å². The van der Waals surface area contributed by atoms with Crippen LogP contribution in [0.15, 0.2) is 60.7 Å². The van der Waals surface area contributed by atoms with E-state index in [2.05, 4.69) is 26.6 Å². The summed E-state index contributed by atoms with van der Waals surface area (Å²) in [4.78, 5) is 66.7. The molecule has 0 fully saturated rings. The minimum absolute atomic E-state index is 0.0689. The molecule has 2 rings (SSSR count). The molecule has 0 saturated heterocycles. The lowest BCUT2D eigenvalue weighted by Gasteiger charge is -2.30. The largest absolute Gasteiger partial charge is 0.444 e. The lowest BCUT2D eigenvalue weighted by Crippen LogP contribution is -2.60. The van der Waals surface area contributed by atoms with Gasteiger partial charge in [0.05, 0.1) is 6.04 Å². The van der Waals surface area contributed by atoms with Crippen molar-refractivity contribution >= 4 is 29.7 Å². The molecule has 0 aliphatic carbocycles. The van der Waals surface area contributed by atoms with Crippen molar-refractivity contribution in [1.82, 2.24) is 26.6 Å². The zero-order chi connectivity index (χ0) is 37.6. The summed E-state index contributed by atoms with van der Waals surface area (Å²) < 4.78 is 5.34. The van der Waals surface area contributed by atoms with E-state index in [0.29, 0.717) is 6.54 Å². The van der Waals surface area contributed by atoms with Gasteiger partial charge >= 0.3 is 6.09 Å². The van der Waals surface area contributed by atoms with Crippen molar-refractivity contribution in [3.05, 3.63) is 71.8 Å². The second-order valence-electron chi connectivity index (χ2n) is 14.7. The van der Waals surface area contributed by atoms with Crippen LogP contribution in [-0.2, 0) is 36.8 Å². The van der Waals surface area contributed by atoms with Gasteiger partial charge in [-0.25, -0.2) is 4.79 Å². The van der Waals surface area contributed by atoms with Crippen LogP contribution >= 0.6 is 0 Å². The molecule has 6 N–H and O–H groups in total. The maximum absolute atomic E-state index is 13.8. The van der Waals surface area contributed by atoms with E-state index in [1.807, 2.05) is 39.8 Å². The van der Waals surface area contributed by atoms with E-state index in [9.17, 15) is 29.1 Å². The first kappa shape index (κ1) is 41.7. The monoisotopic (exact) mass is 695 g/mol. The normalized spacial score (nSPS) is 14.6. The van der Waals surface area contributed by atoms with Crippen LogP contribution in [0.2, 0.25) is 0 Å². The molecule has 5 amide bonds. The molecule has 0 bridgehead atoms. The minimum Gasteiger partial charge on any atom is -0.444 e. The molecule has 0 heterocycles. The summed E-state index contributed by atoms with van der Waals surface area (Å²) in [6, 6.07) is 13.8. The lowest BCUT2D eigenvalue weighted by atomic mass is 9.97. The van der Waals surface area contributed by atoms with Crippen LogP contribution in [0.4, 0.5) is 4.79 Å². The Kier molecular flexibility index (Phi) is 16.4. The molecule has 12 nitrogen and oxygen atoms in total. The minimum atomic E-state index is -1.80. The van der Waals surface area contributed by atoms with E-state index < -0.39 is 59.7 Å². The number of amides is 5. The Morgan fingerprint density at radius 2 is 1.14 bits per heavy atom. The maximum atomic E-state index is 13.8. The van der Waals surface area contributed by atoms with Gasteiger partial charge in [-0.3, -0.25) is 19.2 Å². The van der Waals surface area contributed by atoms with Crippen LogP contribution in [0.1, 0.15) is 73.4 Å². The standard InChI is InChI=1S/C38H57N5O7/c1-23(2)22-39-34(46)30(24(3)4)42-33(45)29(21-27-18-14-11-15-19-27)41-36(48)32(44)28(20-26-16-12-10-13-17-26)40-35(47)31(25(5)6)43-37(49)50-38(7,8)9/h10-19,23-25,28-32,44H,20-22H2,1-9H3,(H,39,46)(H,40,47)(H,41,48)(H,42,45)(H,43,49)/t28-,29-,30-,31-,32+/m0/s1. The molecule has 2 aromatic carbocycles. The number of alkyl carbamates (subject to hydrolysis) is 1. The number of hydrogen-bond acceptors (Lipinski definition) is 7. The number of hydrogen-bond donors (Lipinski definition) is 6. The summed E-state index contributed by atoms with van der Waals surface area (Å²) in [5, 5.41) is 25.2. The molecular formula is C38H57N5O7. The third-order valence-electron chi connectivity index (χ3n) is 7.74. The smallest absolute Gasteiger partial charge is 0.408 e. The third kappa shape index (κ3) is 14.6. The van der Waals surface area contributed by atoms with Crippen LogP contribution in [0.25, 0.3) is 0 Å². The van der Waals surface area contributed by atoms with E-state index >= 15 is 0 Å². The van der Waals surface area contributed by atoms with Crippen molar-refractivity contribution in [2.45, 2.75) is 111 Å². The molecule has 50 heavy (non-hydrogen) atoms. The van der Waals surface area contributed by atoms with Gasteiger partial charge in [0.15, 0.2) is 6.10 Å². The van der Waals surface area contributed by atoms with Crippen molar-refractivity contribution in [2.24, 2.45) is 17.8 Å². The average molecular weight is 696 g/mol. The van der Waals surface area contributed by atoms with Gasteiger partial charge in [0, 0.05) is 13.0 Å². The zero-order valence-corrected chi connectivity index (χ0v) is 30.9. The number of nitrogens with one attached hydrogen (secondary N) is 5. The summed E-state index contributed by atoms with van der Waals surface area (Å²) in [5.41, 5.74) is 0.688. The number of carbonyl (C=O) groups excluding carboxylic acids is 5. The van der Waals surface area contributed by atoms with Crippen molar-refractivity contribution < 1.29 is 33.8 Å². The molecule has 0 aromatic heterocycles. The van der Waals surface area contributed by atoms with Gasteiger partial charge in [0.1, 0.15) is 23.7 Å². The average Bonchev–Trinajstić information content (AvgIpc) is 3.03. The maximum Gasteiger partial charge on any atom is 0.408 e. The van der Waals surface area contributed by atoms with Crippen LogP contribution < -0.4 is 26.6 Å². The lowest BCUT2D eigenvalue weighted by molar-refractivity contribution is -0.137. The van der Waals surface area contributed by atoms with Gasteiger partial charge in [0.25, 0.3) is 5.91 Å². The van der Waals surface area contributed by atoms with Crippen LogP contribution in [0.5, 0.6) is 0 Å². The highest BCUT2D eigenvalue weighted by Gasteiger charge is 2.35. The van der Waals surface area contributed by atoms with Crippen LogP contribution in [0.3, 0.4) is 0 Å². The number of aliphatic hydroxyl groups excluding tert-OH is 1.